The molecule has 0 saturated carbocycles. The lowest BCUT2D eigenvalue weighted by Crippen LogP contribution is -2.12. The lowest BCUT2D eigenvalue weighted by Gasteiger charge is -2.01. The molecule has 0 aliphatic heterocycles. The van der Waals surface area contributed by atoms with Gasteiger partial charge in [0.05, 0.1) is 5.69 Å². The summed E-state index contributed by atoms with van der Waals surface area (Å²) in [6.45, 7) is 3.32. The molecule has 4 heteroatoms. The molecule has 0 spiro atoms. The Kier molecular flexibility index (Phi) is 2.71. The van der Waals surface area contributed by atoms with Crippen LogP contribution in [-0.2, 0) is 7.05 Å². The first-order valence-electron chi connectivity index (χ1n) is 5.37. The van der Waals surface area contributed by atoms with Crippen LogP contribution in [0, 0.1) is 6.92 Å². The Balaban J connectivity index is 2.50. The van der Waals surface area contributed by atoms with Gasteiger partial charge in [-0.25, -0.2) is 0 Å². The van der Waals surface area contributed by atoms with Crippen LogP contribution in [-0.4, -0.2) is 15.6 Å². The van der Waals surface area contributed by atoms with Crippen molar-refractivity contribution in [3.05, 3.63) is 45.7 Å². The number of hydrogen-bond donors (Lipinski definition) is 1. The second-order valence-electron chi connectivity index (χ2n) is 4.11. The van der Waals surface area contributed by atoms with Crippen LogP contribution in [0.3, 0.4) is 0 Å². The second kappa shape index (κ2) is 4.05. The number of carbonyl (C=O) groups excluding carboxylic acids is 1. The molecule has 1 heterocycles. The third-order valence-corrected chi connectivity index (χ3v) is 2.86. The van der Waals surface area contributed by atoms with E-state index >= 15 is 0 Å². The number of benzene rings is 1. The lowest BCUT2D eigenvalue weighted by molar-refractivity contribution is 0.101. The van der Waals surface area contributed by atoms with Crippen LogP contribution in [0.25, 0.3) is 11.3 Å². The number of ketones is 1. The van der Waals surface area contributed by atoms with E-state index < -0.39 is 0 Å². The van der Waals surface area contributed by atoms with Gasteiger partial charge in [-0.2, -0.15) is 0 Å². The number of nitrogens with one attached hydrogen (secondary N) is 1. The summed E-state index contributed by atoms with van der Waals surface area (Å²) in [4.78, 5) is 22.8. The van der Waals surface area contributed by atoms with Crippen molar-refractivity contribution in [2.24, 2.45) is 7.05 Å². The Morgan fingerprint density at radius 2 is 1.82 bits per heavy atom. The van der Waals surface area contributed by atoms with Gasteiger partial charge in [0.25, 0.3) is 5.56 Å². The van der Waals surface area contributed by atoms with Gasteiger partial charge < -0.3 is 0 Å². The molecular formula is C13H14N2O2. The maximum atomic E-state index is 11.6. The van der Waals surface area contributed by atoms with Crippen LogP contribution in [0.4, 0.5) is 0 Å². The van der Waals surface area contributed by atoms with E-state index in [9.17, 15) is 9.59 Å². The first-order chi connectivity index (χ1) is 8.00. The average molecular weight is 230 g/mol. The number of H-pyrrole nitrogens is 1. The molecule has 17 heavy (non-hydrogen) atoms. The van der Waals surface area contributed by atoms with Crippen LogP contribution < -0.4 is 5.56 Å². The molecule has 2 aromatic rings. The molecule has 1 aromatic carbocycles. The van der Waals surface area contributed by atoms with Gasteiger partial charge in [-0.3, -0.25) is 19.4 Å². The topological polar surface area (TPSA) is 54.9 Å². The summed E-state index contributed by atoms with van der Waals surface area (Å²) in [5, 5.41) is 3.00. The quantitative estimate of drug-likeness (QED) is 0.801. The van der Waals surface area contributed by atoms with Gasteiger partial charge in [0.1, 0.15) is 0 Å². The van der Waals surface area contributed by atoms with Crippen molar-refractivity contribution >= 4 is 5.78 Å². The highest BCUT2D eigenvalue weighted by Crippen LogP contribution is 2.19. The zero-order chi connectivity index (χ0) is 12.6. The van der Waals surface area contributed by atoms with Gasteiger partial charge in [0.2, 0.25) is 0 Å². The fraction of sp³-hybridized carbons (Fsp3) is 0.231. The number of nitrogens with zero attached hydrogens (tertiary/aromatic N) is 1. The van der Waals surface area contributed by atoms with Crippen LogP contribution >= 0.6 is 0 Å². The molecule has 4 nitrogen and oxygen atoms in total. The van der Waals surface area contributed by atoms with Gasteiger partial charge >= 0.3 is 0 Å². The number of carbonyl (C=O) groups is 1. The molecule has 0 bridgehead atoms. The summed E-state index contributed by atoms with van der Waals surface area (Å²) < 4.78 is 1.45. The number of rotatable bonds is 2. The molecular weight excluding hydrogens is 216 g/mol. The van der Waals surface area contributed by atoms with Crippen LogP contribution in [0.2, 0.25) is 0 Å². The fourth-order valence-electron chi connectivity index (χ4n) is 1.81. The number of hydrogen-bond acceptors (Lipinski definition) is 2. The first-order valence-corrected chi connectivity index (χ1v) is 5.37. The minimum absolute atomic E-state index is 0.0318. The molecule has 0 amide bonds. The van der Waals surface area contributed by atoms with Crippen molar-refractivity contribution in [1.82, 2.24) is 9.78 Å². The zero-order valence-corrected chi connectivity index (χ0v) is 10.1. The number of Topliss-reactive ketones (excluding diaryl/α,β-unsaturated/α-hetero) is 1. The Labute approximate surface area is 98.9 Å². The van der Waals surface area contributed by atoms with E-state index in [4.69, 9.17) is 0 Å². The molecule has 0 aliphatic rings. The predicted octanol–water partition coefficient (Wildman–Crippen LogP) is 1.89. The monoisotopic (exact) mass is 230 g/mol. The van der Waals surface area contributed by atoms with Gasteiger partial charge in [0.15, 0.2) is 5.78 Å². The Hall–Kier alpha value is -2.10. The number of aromatic nitrogens is 2. The van der Waals surface area contributed by atoms with Gasteiger partial charge in [-0.1, -0.05) is 24.3 Å². The van der Waals surface area contributed by atoms with Gasteiger partial charge in [0, 0.05) is 18.2 Å². The summed E-state index contributed by atoms with van der Waals surface area (Å²) in [6.07, 6.45) is 0. The third kappa shape index (κ3) is 1.93. The summed E-state index contributed by atoms with van der Waals surface area (Å²) in [6, 6.07) is 7.22. The second-order valence-corrected chi connectivity index (χ2v) is 4.11. The van der Waals surface area contributed by atoms with Crippen molar-refractivity contribution in [3.8, 4) is 11.3 Å². The van der Waals surface area contributed by atoms with E-state index in [1.54, 1.807) is 26.1 Å². The molecule has 1 N–H and O–H groups in total. The molecule has 0 fully saturated rings. The van der Waals surface area contributed by atoms with Crippen molar-refractivity contribution in [1.29, 1.82) is 0 Å². The highest BCUT2D eigenvalue weighted by molar-refractivity contribution is 5.94. The molecule has 0 unspecified atom stereocenters. The summed E-state index contributed by atoms with van der Waals surface area (Å²) >= 11 is 0. The highest BCUT2D eigenvalue weighted by atomic mass is 16.1. The maximum Gasteiger partial charge on any atom is 0.269 e. The maximum absolute atomic E-state index is 11.6. The van der Waals surface area contributed by atoms with Crippen molar-refractivity contribution < 1.29 is 4.79 Å². The molecule has 2 rings (SSSR count). The Morgan fingerprint density at radius 1 is 1.24 bits per heavy atom. The molecule has 88 valence electrons. The first kappa shape index (κ1) is 11.4. The largest absolute Gasteiger partial charge is 0.295 e. The van der Waals surface area contributed by atoms with E-state index in [-0.39, 0.29) is 11.3 Å². The number of aromatic amines is 1. The third-order valence-electron chi connectivity index (χ3n) is 2.86. The van der Waals surface area contributed by atoms with Crippen LogP contribution in [0.15, 0.2) is 29.1 Å². The number of aryl methyl sites for hydroxylation is 1. The minimum Gasteiger partial charge on any atom is -0.295 e. The summed E-state index contributed by atoms with van der Waals surface area (Å²) in [7, 11) is 1.68. The van der Waals surface area contributed by atoms with E-state index in [0.717, 1.165) is 11.3 Å². The summed E-state index contributed by atoms with van der Waals surface area (Å²) in [5.41, 5.74) is 3.03. The normalized spacial score (nSPS) is 10.5. The molecule has 0 radical (unpaired) electrons. The van der Waals surface area contributed by atoms with E-state index in [0.29, 0.717) is 11.1 Å². The van der Waals surface area contributed by atoms with Crippen molar-refractivity contribution in [3.63, 3.8) is 0 Å². The van der Waals surface area contributed by atoms with E-state index in [2.05, 4.69) is 5.10 Å². The van der Waals surface area contributed by atoms with Crippen molar-refractivity contribution in [2.75, 3.05) is 0 Å². The Bertz CT molecular complexity index is 618. The molecule has 0 saturated heterocycles. The summed E-state index contributed by atoms with van der Waals surface area (Å²) in [5.74, 6) is 0.0369. The van der Waals surface area contributed by atoms with Crippen LogP contribution in [0.1, 0.15) is 22.8 Å². The predicted molar refractivity (Wildman–Crippen MR) is 66.2 cm³/mol. The van der Waals surface area contributed by atoms with E-state index in [1.165, 1.54) is 11.6 Å². The van der Waals surface area contributed by atoms with Gasteiger partial charge in [-0.15, -0.1) is 0 Å². The minimum atomic E-state index is -0.0318. The van der Waals surface area contributed by atoms with Gasteiger partial charge in [-0.05, 0) is 19.4 Å². The average Bonchev–Trinajstić information content (AvgIpc) is 2.57. The lowest BCUT2D eigenvalue weighted by atomic mass is 10.1. The Morgan fingerprint density at radius 3 is 2.24 bits per heavy atom. The molecule has 1 aromatic heterocycles. The highest BCUT2D eigenvalue weighted by Gasteiger charge is 2.09. The fourth-order valence-corrected chi connectivity index (χ4v) is 1.81. The smallest absolute Gasteiger partial charge is 0.269 e. The van der Waals surface area contributed by atoms with Crippen molar-refractivity contribution in [2.45, 2.75) is 13.8 Å². The van der Waals surface area contributed by atoms with Crippen LogP contribution in [0.5, 0.6) is 0 Å². The van der Waals surface area contributed by atoms with E-state index in [1.807, 2.05) is 12.1 Å². The SMILES string of the molecule is CC(=O)c1ccc(-c2[nH]n(C)c(=O)c2C)cc1. The molecule has 0 aliphatic carbocycles. The molecule has 0 atom stereocenters. The zero-order valence-electron chi connectivity index (χ0n) is 10.1. The standard InChI is InChI=1S/C13H14N2O2/c1-8-12(14-15(3)13(8)17)11-6-4-10(5-7-11)9(2)16/h4-7,14H,1-3H3.